The van der Waals surface area contributed by atoms with Crippen molar-refractivity contribution >= 4 is 44.0 Å². The molecular formula is C30H14N4O2. The zero-order chi connectivity index (χ0) is 24.2. The van der Waals surface area contributed by atoms with Crippen LogP contribution in [-0.2, 0) is 0 Å². The van der Waals surface area contributed by atoms with Gasteiger partial charge in [-0.3, -0.25) is 0 Å². The van der Waals surface area contributed by atoms with E-state index in [0.717, 1.165) is 49.6 Å². The topological polar surface area (TPSA) is 99.6 Å². The summed E-state index contributed by atoms with van der Waals surface area (Å²) in [6.07, 6.45) is 0. The molecule has 3 aromatic heterocycles. The van der Waals surface area contributed by atoms with Crippen molar-refractivity contribution in [1.82, 2.24) is 9.97 Å². The van der Waals surface area contributed by atoms with Gasteiger partial charge in [0.2, 0.25) is 5.82 Å². The molecule has 166 valence electrons. The predicted molar refractivity (Wildman–Crippen MR) is 137 cm³/mol. The van der Waals surface area contributed by atoms with Crippen LogP contribution in [0.3, 0.4) is 0 Å². The van der Waals surface area contributed by atoms with E-state index in [1.54, 1.807) is 0 Å². The van der Waals surface area contributed by atoms with E-state index in [-0.39, 0.29) is 17.1 Å². The number of hydrogen-bond donors (Lipinski definition) is 0. The van der Waals surface area contributed by atoms with Crippen molar-refractivity contribution in [2.45, 2.75) is 0 Å². The van der Waals surface area contributed by atoms with Crippen molar-refractivity contribution in [3.05, 3.63) is 96.4 Å². The Kier molecular flexibility index (Phi) is 4.17. The van der Waals surface area contributed by atoms with E-state index in [4.69, 9.17) is 8.83 Å². The van der Waals surface area contributed by atoms with Gasteiger partial charge in [-0.1, -0.05) is 66.7 Å². The lowest BCUT2D eigenvalue weighted by molar-refractivity contribution is 0.664. The van der Waals surface area contributed by atoms with Crippen LogP contribution < -0.4 is 0 Å². The molecule has 3 heterocycles. The molecule has 6 heteroatoms. The molecule has 0 saturated heterocycles. The van der Waals surface area contributed by atoms with Gasteiger partial charge in [0, 0.05) is 21.7 Å². The summed E-state index contributed by atoms with van der Waals surface area (Å²) >= 11 is 0. The molecule has 0 bridgehead atoms. The van der Waals surface area contributed by atoms with Crippen LogP contribution in [0.2, 0.25) is 0 Å². The highest BCUT2D eigenvalue weighted by atomic mass is 16.3. The zero-order valence-corrected chi connectivity index (χ0v) is 18.7. The quantitative estimate of drug-likeness (QED) is 0.266. The molecule has 0 atom stereocenters. The number of benzene rings is 4. The van der Waals surface area contributed by atoms with Gasteiger partial charge in [0.05, 0.1) is 0 Å². The number of aromatic nitrogens is 2. The molecule has 0 fully saturated rings. The summed E-state index contributed by atoms with van der Waals surface area (Å²) in [5.41, 5.74) is 7.22. The molecule has 6 nitrogen and oxygen atoms in total. The minimum Gasteiger partial charge on any atom is -0.455 e. The lowest BCUT2D eigenvalue weighted by atomic mass is 9.98. The normalized spacial score (nSPS) is 11.3. The third-order valence-electron chi connectivity index (χ3n) is 6.45. The Bertz CT molecular complexity index is 2070. The van der Waals surface area contributed by atoms with Crippen molar-refractivity contribution in [1.29, 1.82) is 10.5 Å². The van der Waals surface area contributed by atoms with Crippen LogP contribution in [0.25, 0.3) is 66.3 Å². The van der Waals surface area contributed by atoms with Crippen LogP contribution in [0.5, 0.6) is 0 Å². The van der Waals surface area contributed by atoms with Gasteiger partial charge in [-0.15, -0.1) is 0 Å². The molecule has 0 amide bonds. The zero-order valence-electron chi connectivity index (χ0n) is 18.7. The molecule has 0 radical (unpaired) electrons. The first kappa shape index (κ1) is 20.0. The van der Waals surface area contributed by atoms with Crippen LogP contribution in [0, 0.1) is 22.7 Å². The van der Waals surface area contributed by atoms with Crippen molar-refractivity contribution in [3.63, 3.8) is 0 Å². The maximum atomic E-state index is 9.42. The highest BCUT2D eigenvalue weighted by Crippen LogP contribution is 2.37. The van der Waals surface area contributed by atoms with Gasteiger partial charge in [0.1, 0.15) is 34.4 Å². The van der Waals surface area contributed by atoms with E-state index in [0.29, 0.717) is 11.1 Å². The Morgan fingerprint density at radius 3 is 2.17 bits per heavy atom. The molecule has 0 aliphatic carbocycles. The highest BCUT2D eigenvalue weighted by Gasteiger charge is 2.17. The smallest absolute Gasteiger partial charge is 0.234 e. The fourth-order valence-corrected chi connectivity index (χ4v) is 4.76. The number of rotatable bonds is 2. The summed E-state index contributed by atoms with van der Waals surface area (Å²) in [6.45, 7) is 0. The molecule has 0 aliphatic heterocycles. The van der Waals surface area contributed by atoms with Crippen molar-refractivity contribution in [2.24, 2.45) is 0 Å². The van der Waals surface area contributed by atoms with E-state index in [1.807, 2.05) is 48.5 Å². The maximum absolute atomic E-state index is 9.42. The van der Waals surface area contributed by atoms with Crippen molar-refractivity contribution in [2.75, 3.05) is 0 Å². The minimum absolute atomic E-state index is 0.0541. The largest absolute Gasteiger partial charge is 0.455 e. The average Bonchev–Trinajstić information content (AvgIpc) is 3.50. The number of fused-ring (bicyclic) bond motifs is 6. The Morgan fingerprint density at radius 2 is 1.33 bits per heavy atom. The second kappa shape index (κ2) is 7.53. The molecule has 0 N–H and O–H groups in total. The molecule has 36 heavy (non-hydrogen) atoms. The molecule has 0 aliphatic rings. The molecule has 7 aromatic rings. The number of nitrogens with zero attached hydrogens (tertiary/aromatic N) is 4. The SMILES string of the molecule is N#Cc1nc(C#N)c2oc3cc(-c4ccc(-c5cccc6c5oc5ccccc56)cc4)ccc3c2n1. The lowest BCUT2D eigenvalue weighted by Crippen LogP contribution is -1.92. The van der Waals surface area contributed by atoms with Crippen LogP contribution in [-0.4, -0.2) is 9.97 Å². The van der Waals surface area contributed by atoms with Crippen molar-refractivity contribution < 1.29 is 8.83 Å². The number of furan rings is 2. The Hall–Kier alpha value is -5.46. The number of nitriles is 2. The Labute approximate surface area is 204 Å². The molecule has 0 unspecified atom stereocenters. The summed E-state index contributed by atoms with van der Waals surface area (Å²) in [5, 5.41) is 21.6. The standard InChI is InChI=1S/C30H14N4O2/c31-15-24-30-28(34-27(16-32)33-24)23-13-12-19(14-26(23)36-30)17-8-10-18(11-9-17)20-5-3-6-22-21-4-1-2-7-25(21)35-29(20)22/h1-14H. The van der Waals surface area contributed by atoms with Gasteiger partial charge in [0.25, 0.3) is 0 Å². The number of hydrogen-bond acceptors (Lipinski definition) is 6. The van der Waals surface area contributed by atoms with Gasteiger partial charge in [-0.2, -0.15) is 10.5 Å². The molecule has 4 aromatic carbocycles. The van der Waals surface area contributed by atoms with E-state index in [1.165, 1.54) is 0 Å². The van der Waals surface area contributed by atoms with Gasteiger partial charge < -0.3 is 8.83 Å². The number of para-hydroxylation sites is 2. The first-order chi connectivity index (χ1) is 17.7. The van der Waals surface area contributed by atoms with E-state index in [9.17, 15) is 10.5 Å². The van der Waals surface area contributed by atoms with Crippen LogP contribution in [0.4, 0.5) is 0 Å². The predicted octanol–water partition coefficient (Wildman–Crippen LogP) is 7.35. The molecule has 7 rings (SSSR count). The lowest BCUT2D eigenvalue weighted by Gasteiger charge is -2.06. The maximum Gasteiger partial charge on any atom is 0.234 e. The molecular weight excluding hydrogens is 448 g/mol. The molecule has 0 spiro atoms. The van der Waals surface area contributed by atoms with Crippen molar-refractivity contribution in [3.8, 4) is 34.4 Å². The second-order valence-electron chi connectivity index (χ2n) is 8.47. The summed E-state index contributed by atoms with van der Waals surface area (Å²) < 4.78 is 12.1. The summed E-state index contributed by atoms with van der Waals surface area (Å²) in [7, 11) is 0. The fourth-order valence-electron chi connectivity index (χ4n) is 4.76. The first-order valence-corrected chi connectivity index (χ1v) is 11.3. The highest BCUT2D eigenvalue weighted by molar-refractivity contribution is 6.09. The van der Waals surface area contributed by atoms with Crippen LogP contribution >= 0.6 is 0 Å². The second-order valence-corrected chi connectivity index (χ2v) is 8.47. The third kappa shape index (κ3) is 2.89. The third-order valence-corrected chi connectivity index (χ3v) is 6.45. The fraction of sp³-hybridized carbons (Fsp3) is 0. The van der Waals surface area contributed by atoms with Crippen LogP contribution in [0.1, 0.15) is 11.5 Å². The Morgan fingerprint density at radius 1 is 0.583 bits per heavy atom. The average molecular weight is 462 g/mol. The summed E-state index contributed by atoms with van der Waals surface area (Å²) in [5.74, 6) is -0.0547. The monoisotopic (exact) mass is 462 g/mol. The Balaban J connectivity index is 1.32. The van der Waals surface area contributed by atoms with E-state index >= 15 is 0 Å². The summed E-state index contributed by atoms with van der Waals surface area (Å²) in [4.78, 5) is 8.21. The van der Waals surface area contributed by atoms with E-state index in [2.05, 4.69) is 58.5 Å². The summed E-state index contributed by atoms with van der Waals surface area (Å²) in [6, 6.07) is 32.3. The van der Waals surface area contributed by atoms with Gasteiger partial charge in [-0.05, 0) is 34.9 Å². The van der Waals surface area contributed by atoms with E-state index < -0.39 is 0 Å². The minimum atomic E-state index is -0.0547. The first-order valence-electron chi connectivity index (χ1n) is 11.3. The van der Waals surface area contributed by atoms with Gasteiger partial charge in [0.15, 0.2) is 11.3 Å². The van der Waals surface area contributed by atoms with Gasteiger partial charge >= 0.3 is 0 Å². The molecule has 0 saturated carbocycles. The van der Waals surface area contributed by atoms with Gasteiger partial charge in [-0.25, -0.2) is 9.97 Å². The van der Waals surface area contributed by atoms with Crippen LogP contribution in [0.15, 0.2) is 93.8 Å².